The molecule has 0 aliphatic carbocycles. The molecule has 1 aromatic rings. The molecule has 0 fully saturated rings. The van der Waals surface area contributed by atoms with Gasteiger partial charge in [0.2, 0.25) is 10.0 Å². The molecule has 0 heterocycles. The molecular formula is C11H16FNO2S. The van der Waals surface area contributed by atoms with Crippen molar-refractivity contribution < 1.29 is 12.8 Å². The van der Waals surface area contributed by atoms with Crippen molar-refractivity contribution in [3.05, 3.63) is 35.1 Å². The highest BCUT2D eigenvalue weighted by Gasteiger charge is 2.13. The molecule has 3 nitrogen and oxygen atoms in total. The Morgan fingerprint density at radius 2 is 2.00 bits per heavy atom. The van der Waals surface area contributed by atoms with Gasteiger partial charge in [0.05, 0.1) is 6.26 Å². The number of benzene rings is 1. The fourth-order valence-electron chi connectivity index (χ4n) is 1.30. The molecule has 0 spiro atoms. The standard InChI is InChI=1S/C11H16FNO2S/c1-4-9-5-6-10(11(12)7-9)8-13(2)16(3,14)15/h5-7H,4,8H2,1-3H3. The van der Waals surface area contributed by atoms with E-state index in [1.54, 1.807) is 6.07 Å². The van der Waals surface area contributed by atoms with Crippen molar-refractivity contribution >= 4 is 10.0 Å². The molecule has 0 atom stereocenters. The van der Waals surface area contributed by atoms with Gasteiger partial charge in [0.25, 0.3) is 0 Å². The minimum absolute atomic E-state index is 0.0641. The maximum atomic E-state index is 13.6. The Morgan fingerprint density at radius 1 is 1.38 bits per heavy atom. The second-order valence-corrected chi connectivity index (χ2v) is 5.89. The van der Waals surface area contributed by atoms with E-state index in [1.165, 1.54) is 13.1 Å². The van der Waals surface area contributed by atoms with Crippen molar-refractivity contribution in [1.29, 1.82) is 0 Å². The van der Waals surface area contributed by atoms with E-state index in [4.69, 9.17) is 0 Å². The van der Waals surface area contributed by atoms with E-state index in [2.05, 4.69) is 0 Å². The van der Waals surface area contributed by atoms with E-state index in [0.717, 1.165) is 22.5 Å². The molecule has 90 valence electrons. The van der Waals surface area contributed by atoms with Gasteiger partial charge in [-0.25, -0.2) is 17.1 Å². The smallest absolute Gasteiger partial charge is 0.211 e. The largest absolute Gasteiger partial charge is 0.213 e. The summed E-state index contributed by atoms with van der Waals surface area (Å²) in [5.74, 6) is -0.352. The molecular weight excluding hydrogens is 229 g/mol. The number of hydrogen-bond donors (Lipinski definition) is 0. The topological polar surface area (TPSA) is 37.4 Å². The number of aryl methyl sites for hydroxylation is 1. The summed E-state index contributed by atoms with van der Waals surface area (Å²) in [6, 6.07) is 4.90. The summed E-state index contributed by atoms with van der Waals surface area (Å²) in [6.07, 6.45) is 1.87. The van der Waals surface area contributed by atoms with Gasteiger partial charge in [-0.1, -0.05) is 19.1 Å². The molecule has 0 aliphatic heterocycles. The third kappa shape index (κ3) is 3.28. The van der Waals surface area contributed by atoms with Gasteiger partial charge in [0.15, 0.2) is 0 Å². The van der Waals surface area contributed by atoms with Crippen molar-refractivity contribution in [3.8, 4) is 0 Å². The maximum Gasteiger partial charge on any atom is 0.211 e. The molecule has 1 aromatic carbocycles. The number of sulfonamides is 1. The molecule has 0 saturated carbocycles. The van der Waals surface area contributed by atoms with Crippen LogP contribution in [0.1, 0.15) is 18.1 Å². The lowest BCUT2D eigenvalue weighted by molar-refractivity contribution is 0.461. The van der Waals surface area contributed by atoms with Gasteiger partial charge in [0.1, 0.15) is 5.82 Å². The summed E-state index contributed by atoms with van der Waals surface area (Å²) in [7, 11) is -1.83. The molecule has 0 unspecified atom stereocenters. The quantitative estimate of drug-likeness (QED) is 0.811. The van der Waals surface area contributed by atoms with E-state index in [0.29, 0.717) is 5.56 Å². The summed E-state index contributed by atoms with van der Waals surface area (Å²) in [6.45, 7) is 2.01. The Hall–Kier alpha value is -0.940. The molecule has 0 aromatic heterocycles. The Balaban J connectivity index is 2.91. The summed E-state index contributed by atoms with van der Waals surface area (Å²) in [5, 5.41) is 0. The van der Waals surface area contributed by atoms with Crippen LogP contribution in [0, 0.1) is 5.82 Å². The van der Waals surface area contributed by atoms with Crippen LogP contribution in [0.5, 0.6) is 0 Å². The van der Waals surface area contributed by atoms with Gasteiger partial charge in [-0.05, 0) is 18.1 Å². The molecule has 0 N–H and O–H groups in total. The van der Waals surface area contributed by atoms with Crippen LogP contribution in [0.15, 0.2) is 18.2 Å². The van der Waals surface area contributed by atoms with Crippen molar-refractivity contribution in [2.75, 3.05) is 13.3 Å². The fourth-order valence-corrected chi connectivity index (χ4v) is 1.67. The zero-order chi connectivity index (χ0) is 12.3. The first-order valence-corrected chi connectivity index (χ1v) is 6.88. The van der Waals surface area contributed by atoms with Crippen LogP contribution in [-0.2, 0) is 23.0 Å². The number of hydrogen-bond acceptors (Lipinski definition) is 2. The summed E-state index contributed by atoms with van der Waals surface area (Å²) in [4.78, 5) is 0. The highest BCUT2D eigenvalue weighted by molar-refractivity contribution is 7.88. The Bertz CT molecular complexity index is 471. The number of rotatable bonds is 4. The first-order valence-electron chi connectivity index (χ1n) is 5.03. The van der Waals surface area contributed by atoms with Crippen LogP contribution in [0.4, 0.5) is 4.39 Å². The van der Waals surface area contributed by atoms with E-state index >= 15 is 0 Å². The van der Waals surface area contributed by atoms with E-state index in [1.807, 2.05) is 13.0 Å². The minimum atomic E-state index is -3.27. The molecule has 0 bridgehead atoms. The molecule has 0 aliphatic rings. The Labute approximate surface area is 95.9 Å². The highest BCUT2D eigenvalue weighted by Crippen LogP contribution is 2.13. The molecule has 16 heavy (non-hydrogen) atoms. The SMILES string of the molecule is CCc1ccc(CN(C)S(C)(=O)=O)c(F)c1. The third-order valence-corrected chi connectivity index (χ3v) is 3.75. The average Bonchev–Trinajstić information content (AvgIpc) is 2.19. The zero-order valence-corrected chi connectivity index (χ0v) is 10.5. The highest BCUT2D eigenvalue weighted by atomic mass is 32.2. The lowest BCUT2D eigenvalue weighted by atomic mass is 10.1. The second kappa shape index (κ2) is 4.93. The van der Waals surface area contributed by atoms with Gasteiger partial charge >= 0.3 is 0 Å². The van der Waals surface area contributed by atoms with Crippen molar-refractivity contribution in [3.63, 3.8) is 0 Å². The van der Waals surface area contributed by atoms with Crippen molar-refractivity contribution in [2.24, 2.45) is 0 Å². The summed E-state index contributed by atoms with van der Waals surface area (Å²) in [5.41, 5.74) is 1.30. The normalized spacial score (nSPS) is 12.1. The second-order valence-electron chi connectivity index (χ2n) is 3.80. The van der Waals surface area contributed by atoms with Gasteiger partial charge < -0.3 is 0 Å². The van der Waals surface area contributed by atoms with Crippen molar-refractivity contribution in [2.45, 2.75) is 19.9 Å². The molecule has 0 saturated heterocycles. The number of halogens is 1. The van der Waals surface area contributed by atoms with Crippen LogP contribution in [0.3, 0.4) is 0 Å². The predicted molar refractivity (Wildman–Crippen MR) is 62.1 cm³/mol. The van der Waals surface area contributed by atoms with Crippen LogP contribution in [0.2, 0.25) is 0 Å². The van der Waals surface area contributed by atoms with Crippen LogP contribution in [-0.4, -0.2) is 26.0 Å². The lowest BCUT2D eigenvalue weighted by Crippen LogP contribution is -2.25. The van der Waals surface area contributed by atoms with Gasteiger partial charge in [-0.3, -0.25) is 0 Å². The average molecular weight is 245 g/mol. The molecule has 0 radical (unpaired) electrons. The van der Waals surface area contributed by atoms with E-state index in [-0.39, 0.29) is 12.4 Å². The Morgan fingerprint density at radius 3 is 2.44 bits per heavy atom. The van der Waals surface area contributed by atoms with Crippen LogP contribution < -0.4 is 0 Å². The number of nitrogens with zero attached hydrogens (tertiary/aromatic N) is 1. The first kappa shape index (κ1) is 13.1. The van der Waals surface area contributed by atoms with Gasteiger partial charge in [0, 0.05) is 19.2 Å². The van der Waals surface area contributed by atoms with Crippen LogP contribution >= 0.6 is 0 Å². The Kier molecular flexibility index (Phi) is 4.04. The minimum Gasteiger partial charge on any atom is -0.213 e. The molecule has 1 rings (SSSR count). The maximum absolute atomic E-state index is 13.6. The van der Waals surface area contributed by atoms with E-state index in [9.17, 15) is 12.8 Å². The summed E-state index contributed by atoms with van der Waals surface area (Å²) >= 11 is 0. The predicted octanol–water partition coefficient (Wildman–Crippen LogP) is 1.78. The third-order valence-electron chi connectivity index (χ3n) is 2.48. The van der Waals surface area contributed by atoms with Crippen LogP contribution in [0.25, 0.3) is 0 Å². The monoisotopic (exact) mass is 245 g/mol. The first-order chi connectivity index (χ1) is 7.34. The zero-order valence-electron chi connectivity index (χ0n) is 9.70. The van der Waals surface area contributed by atoms with Crippen molar-refractivity contribution in [1.82, 2.24) is 4.31 Å². The summed E-state index contributed by atoms with van der Waals surface area (Å²) < 4.78 is 37.0. The molecule has 5 heteroatoms. The van der Waals surface area contributed by atoms with E-state index < -0.39 is 10.0 Å². The fraction of sp³-hybridized carbons (Fsp3) is 0.455. The van der Waals surface area contributed by atoms with Gasteiger partial charge in [-0.15, -0.1) is 0 Å². The van der Waals surface area contributed by atoms with Gasteiger partial charge in [-0.2, -0.15) is 0 Å². The lowest BCUT2D eigenvalue weighted by Gasteiger charge is -2.14. The molecule has 0 amide bonds.